The van der Waals surface area contributed by atoms with Crippen molar-refractivity contribution in [3.05, 3.63) is 66.2 Å². The van der Waals surface area contributed by atoms with Gasteiger partial charge < -0.3 is 10.1 Å². The van der Waals surface area contributed by atoms with Gasteiger partial charge in [-0.05, 0) is 17.7 Å². The van der Waals surface area contributed by atoms with E-state index < -0.39 is 12.1 Å². The van der Waals surface area contributed by atoms with E-state index in [0.29, 0.717) is 6.61 Å². The number of imide groups is 1. The van der Waals surface area contributed by atoms with Crippen molar-refractivity contribution < 1.29 is 14.3 Å². The number of nitrogens with one attached hydrogen (secondary N) is 2. The topological polar surface area (TPSA) is 73.9 Å². The maximum Gasteiger partial charge on any atom is 0.321 e. The number of urea groups is 1. The predicted molar refractivity (Wildman–Crippen MR) is 112 cm³/mol. The Kier molecular flexibility index (Phi) is 7.61. The molecule has 1 heterocycles. The summed E-state index contributed by atoms with van der Waals surface area (Å²) in [6.45, 7) is 4.63. The Bertz CT molecular complexity index is 777. The molecule has 7 heteroatoms. The van der Waals surface area contributed by atoms with Gasteiger partial charge >= 0.3 is 6.03 Å². The lowest BCUT2D eigenvalue weighted by Gasteiger charge is -2.38. The number of benzene rings is 2. The summed E-state index contributed by atoms with van der Waals surface area (Å²) in [4.78, 5) is 28.9. The molecule has 3 amide bonds. The number of ether oxygens (including phenoxy) is 1. The Labute approximate surface area is 171 Å². The summed E-state index contributed by atoms with van der Waals surface area (Å²) in [6.07, 6.45) is 0. The first-order valence-corrected chi connectivity index (χ1v) is 9.89. The molecule has 0 bridgehead atoms. The van der Waals surface area contributed by atoms with Crippen molar-refractivity contribution in [1.82, 2.24) is 20.4 Å². The maximum absolute atomic E-state index is 12.8. The predicted octanol–water partition coefficient (Wildman–Crippen LogP) is 1.88. The molecule has 7 nitrogen and oxygen atoms in total. The lowest BCUT2D eigenvalue weighted by atomic mass is 10.0. The number of piperazine rings is 1. The first-order chi connectivity index (χ1) is 14.2. The molecule has 2 aromatic carbocycles. The minimum Gasteiger partial charge on any atom is -0.492 e. The number of hydrogen-bond acceptors (Lipinski definition) is 5. The monoisotopic (exact) mass is 396 g/mol. The second kappa shape index (κ2) is 10.6. The molecular formula is C22H28N4O3. The van der Waals surface area contributed by atoms with E-state index in [-0.39, 0.29) is 5.91 Å². The smallest absolute Gasteiger partial charge is 0.321 e. The first-order valence-electron chi connectivity index (χ1n) is 9.89. The zero-order chi connectivity index (χ0) is 20.5. The molecule has 1 aliphatic heterocycles. The maximum atomic E-state index is 12.8. The van der Waals surface area contributed by atoms with Gasteiger partial charge in [-0.1, -0.05) is 48.5 Å². The van der Waals surface area contributed by atoms with E-state index >= 15 is 0 Å². The zero-order valence-electron chi connectivity index (χ0n) is 16.7. The highest BCUT2D eigenvalue weighted by atomic mass is 16.5. The Morgan fingerprint density at radius 3 is 2.21 bits per heavy atom. The largest absolute Gasteiger partial charge is 0.492 e. The van der Waals surface area contributed by atoms with Crippen LogP contribution in [0.4, 0.5) is 4.79 Å². The summed E-state index contributed by atoms with van der Waals surface area (Å²) in [6, 6.07) is 18.4. The molecule has 3 rings (SSSR count). The van der Waals surface area contributed by atoms with E-state index in [1.165, 1.54) is 7.05 Å². The second-order valence-corrected chi connectivity index (χ2v) is 6.92. The highest BCUT2D eigenvalue weighted by molar-refractivity contribution is 5.97. The first kappa shape index (κ1) is 20.8. The average molecular weight is 396 g/mol. The molecule has 0 radical (unpaired) electrons. The molecule has 2 N–H and O–H groups in total. The van der Waals surface area contributed by atoms with Crippen molar-refractivity contribution in [3.63, 3.8) is 0 Å². The van der Waals surface area contributed by atoms with Crippen molar-refractivity contribution in [2.45, 2.75) is 6.04 Å². The normalized spacial score (nSPS) is 16.0. The summed E-state index contributed by atoms with van der Waals surface area (Å²) in [5.74, 6) is 0.567. The lowest BCUT2D eigenvalue weighted by molar-refractivity contribution is -0.126. The Balaban J connectivity index is 1.55. The molecule has 0 saturated carbocycles. The summed E-state index contributed by atoms with van der Waals surface area (Å²) < 4.78 is 5.78. The van der Waals surface area contributed by atoms with Gasteiger partial charge in [0.15, 0.2) is 0 Å². The van der Waals surface area contributed by atoms with Crippen LogP contribution in [-0.4, -0.2) is 68.1 Å². The van der Waals surface area contributed by atoms with E-state index in [1.54, 1.807) is 0 Å². The van der Waals surface area contributed by atoms with Crippen LogP contribution in [0.2, 0.25) is 0 Å². The quantitative estimate of drug-likeness (QED) is 0.748. The fourth-order valence-corrected chi connectivity index (χ4v) is 3.46. The number of rotatable bonds is 7. The van der Waals surface area contributed by atoms with Crippen LogP contribution in [-0.2, 0) is 4.79 Å². The van der Waals surface area contributed by atoms with Gasteiger partial charge in [0, 0.05) is 39.8 Å². The summed E-state index contributed by atoms with van der Waals surface area (Å²) in [5, 5.41) is 4.86. The number of carbonyl (C=O) groups is 2. The van der Waals surface area contributed by atoms with Crippen molar-refractivity contribution >= 4 is 11.9 Å². The zero-order valence-corrected chi connectivity index (χ0v) is 16.7. The van der Waals surface area contributed by atoms with Gasteiger partial charge in [0.1, 0.15) is 18.4 Å². The van der Waals surface area contributed by atoms with Crippen molar-refractivity contribution in [2.24, 2.45) is 0 Å². The van der Waals surface area contributed by atoms with Crippen LogP contribution in [0, 0.1) is 0 Å². The minimum absolute atomic E-state index is 0.309. The number of amides is 3. The van der Waals surface area contributed by atoms with E-state index in [0.717, 1.165) is 44.0 Å². The fraction of sp³-hybridized carbons (Fsp3) is 0.364. The van der Waals surface area contributed by atoms with Gasteiger partial charge in [-0.2, -0.15) is 0 Å². The molecule has 29 heavy (non-hydrogen) atoms. The van der Waals surface area contributed by atoms with E-state index in [9.17, 15) is 9.59 Å². The van der Waals surface area contributed by atoms with Crippen LogP contribution in [0.15, 0.2) is 60.7 Å². The lowest BCUT2D eigenvalue weighted by Crippen LogP contribution is -2.52. The average Bonchev–Trinajstić information content (AvgIpc) is 2.76. The molecular weight excluding hydrogens is 368 g/mol. The van der Waals surface area contributed by atoms with Crippen LogP contribution in [0.3, 0.4) is 0 Å². The van der Waals surface area contributed by atoms with E-state index in [4.69, 9.17) is 4.74 Å². The van der Waals surface area contributed by atoms with Crippen LogP contribution < -0.4 is 15.4 Å². The summed E-state index contributed by atoms with van der Waals surface area (Å²) in [5.41, 5.74) is 0.884. The minimum atomic E-state index is -0.493. The number of hydrogen-bond donors (Lipinski definition) is 2. The van der Waals surface area contributed by atoms with Gasteiger partial charge in [0.05, 0.1) is 0 Å². The molecule has 0 unspecified atom stereocenters. The van der Waals surface area contributed by atoms with Gasteiger partial charge in [0.25, 0.3) is 0 Å². The third-order valence-electron chi connectivity index (χ3n) is 5.02. The molecule has 2 aromatic rings. The van der Waals surface area contributed by atoms with Gasteiger partial charge in [0.2, 0.25) is 5.91 Å². The number of nitrogens with zero attached hydrogens (tertiary/aromatic N) is 2. The Hall–Kier alpha value is -2.90. The van der Waals surface area contributed by atoms with Crippen LogP contribution in [0.5, 0.6) is 5.75 Å². The SMILES string of the molecule is CNC(=O)NC(=O)[C@H](c1ccccc1)N1CCN(CCOc2ccccc2)CC1. The van der Waals surface area contributed by atoms with Crippen molar-refractivity contribution in [3.8, 4) is 5.75 Å². The Morgan fingerprint density at radius 1 is 0.966 bits per heavy atom. The van der Waals surface area contributed by atoms with Crippen molar-refractivity contribution in [2.75, 3.05) is 46.4 Å². The highest BCUT2D eigenvalue weighted by Gasteiger charge is 2.31. The fourth-order valence-electron chi connectivity index (χ4n) is 3.46. The van der Waals surface area contributed by atoms with Gasteiger partial charge in [-0.3, -0.25) is 19.9 Å². The summed E-state index contributed by atoms with van der Waals surface area (Å²) in [7, 11) is 1.50. The number of para-hydroxylation sites is 1. The highest BCUT2D eigenvalue weighted by Crippen LogP contribution is 2.22. The van der Waals surface area contributed by atoms with Crippen LogP contribution in [0.1, 0.15) is 11.6 Å². The third kappa shape index (κ3) is 6.04. The molecule has 1 saturated heterocycles. The molecule has 1 atom stereocenters. The molecule has 1 aliphatic rings. The standard InChI is InChI=1S/C22H28N4O3/c1-23-22(28)24-21(27)20(18-8-4-2-5-9-18)26-14-12-25(13-15-26)16-17-29-19-10-6-3-7-11-19/h2-11,20H,12-17H2,1H3,(H2,23,24,27,28)/t20-/m0/s1. The Morgan fingerprint density at radius 2 is 1.59 bits per heavy atom. The molecule has 0 aliphatic carbocycles. The molecule has 0 aromatic heterocycles. The van der Waals surface area contributed by atoms with E-state index in [2.05, 4.69) is 20.4 Å². The molecule has 0 spiro atoms. The van der Waals surface area contributed by atoms with Crippen LogP contribution >= 0.6 is 0 Å². The van der Waals surface area contributed by atoms with Gasteiger partial charge in [-0.25, -0.2) is 4.79 Å². The van der Waals surface area contributed by atoms with Crippen molar-refractivity contribution in [1.29, 1.82) is 0 Å². The molecule has 154 valence electrons. The third-order valence-corrected chi connectivity index (χ3v) is 5.02. The summed E-state index contributed by atoms with van der Waals surface area (Å²) >= 11 is 0. The second-order valence-electron chi connectivity index (χ2n) is 6.92. The van der Waals surface area contributed by atoms with Crippen LogP contribution in [0.25, 0.3) is 0 Å². The molecule has 1 fully saturated rings. The van der Waals surface area contributed by atoms with Gasteiger partial charge in [-0.15, -0.1) is 0 Å². The number of carbonyl (C=O) groups excluding carboxylic acids is 2. The van der Waals surface area contributed by atoms with E-state index in [1.807, 2.05) is 60.7 Å².